The maximum atomic E-state index is 8.51. The molecule has 1 heterocycles. The second-order valence-electron chi connectivity index (χ2n) is 9.20. The Balaban J connectivity index is 1.82. The molecule has 0 fully saturated rings. The maximum absolute atomic E-state index is 8.51. The molecule has 3 aromatic rings. The molecule has 0 amide bonds. The first-order valence-corrected chi connectivity index (χ1v) is 14.2. The third-order valence-electron chi connectivity index (χ3n) is 5.49. The highest BCUT2D eigenvalue weighted by Gasteiger charge is 2.25. The Morgan fingerprint density at radius 1 is 0.939 bits per heavy atom. The molecule has 3 aromatic carbocycles. The van der Waals surface area contributed by atoms with E-state index >= 15 is 0 Å². The number of fused-ring (bicyclic) bond motifs is 1. The van der Waals surface area contributed by atoms with Crippen LogP contribution in [0.5, 0.6) is 0 Å². The van der Waals surface area contributed by atoms with Gasteiger partial charge in [0.2, 0.25) is 0 Å². The first-order valence-electron chi connectivity index (χ1n) is 10.8. The summed E-state index contributed by atoms with van der Waals surface area (Å²) in [5, 5.41) is 17.5. The number of halogens is 1. The molecule has 33 heavy (non-hydrogen) atoms. The van der Waals surface area contributed by atoms with Gasteiger partial charge in [-0.25, -0.2) is 10.0 Å². The summed E-state index contributed by atoms with van der Waals surface area (Å²) in [6, 6.07) is 22.6. The van der Waals surface area contributed by atoms with E-state index in [-0.39, 0.29) is 12.4 Å². The molecule has 0 unspecified atom stereocenters. The summed E-state index contributed by atoms with van der Waals surface area (Å²) in [6.45, 7) is 1.91. The van der Waals surface area contributed by atoms with Crippen LogP contribution in [-0.4, -0.2) is 42.7 Å². The van der Waals surface area contributed by atoms with Crippen molar-refractivity contribution in [2.75, 3.05) is 30.2 Å². The Bertz CT molecular complexity index is 1240. The van der Waals surface area contributed by atoms with Gasteiger partial charge in [0.1, 0.15) is 11.7 Å². The number of aliphatic imine (C=N–C) groups is 1. The van der Waals surface area contributed by atoms with Gasteiger partial charge >= 0.3 is 0 Å². The standard InChI is InChI=1S/C27H29ClN4S/c1-18(29)32-25-14-11-22(20-7-5-19(6-8-20)17-33(2,3)4)15-24(25)27(31-16-26(32)30)21-9-12-23(28)13-10-21/h5-15,29-30H,16-17H2,1-4H3. The van der Waals surface area contributed by atoms with Crippen LogP contribution in [0, 0.1) is 10.8 Å². The Morgan fingerprint density at radius 2 is 1.55 bits per heavy atom. The molecule has 0 saturated carbocycles. The van der Waals surface area contributed by atoms with Gasteiger partial charge in [0.05, 0.1) is 17.9 Å². The fourth-order valence-corrected chi connectivity index (χ4v) is 5.41. The number of anilines is 1. The van der Waals surface area contributed by atoms with Crippen molar-refractivity contribution in [3.8, 4) is 11.1 Å². The van der Waals surface area contributed by atoms with Crippen molar-refractivity contribution in [3.05, 3.63) is 88.4 Å². The Morgan fingerprint density at radius 3 is 2.15 bits per heavy atom. The minimum atomic E-state index is -0.602. The third kappa shape index (κ3) is 5.21. The zero-order chi connectivity index (χ0) is 23.8. The minimum absolute atomic E-state index is 0.210. The first kappa shape index (κ1) is 23.3. The molecule has 1 aliphatic rings. The van der Waals surface area contributed by atoms with Crippen molar-refractivity contribution in [2.45, 2.75) is 12.7 Å². The van der Waals surface area contributed by atoms with Gasteiger partial charge in [-0.2, -0.15) is 0 Å². The van der Waals surface area contributed by atoms with Crippen LogP contribution in [-0.2, 0) is 5.75 Å². The number of hydrogen-bond donors (Lipinski definition) is 2. The van der Waals surface area contributed by atoms with E-state index in [0.29, 0.717) is 10.9 Å². The van der Waals surface area contributed by atoms with Crippen LogP contribution in [0.2, 0.25) is 5.02 Å². The van der Waals surface area contributed by atoms with E-state index in [2.05, 4.69) is 55.2 Å². The monoisotopic (exact) mass is 476 g/mol. The number of benzene rings is 3. The third-order valence-corrected chi connectivity index (χ3v) is 6.94. The Labute approximate surface area is 202 Å². The Hall–Kier alpha value is -2.89. The molecule has 4 nitrogen and oxygen atoms in total. The lowest BCUT2D eigenvalue weighted by atomic mass is 9.95. The van der Waals surface area contributed by atoms with E-state index in [1.807, 2.05) is 30.3 Å². The fraction of sp³-hybridized carbons (Fsp3) is 0.222. The number of benzodiazepines with no additional fused rings is 1. The van der Waals surface area contributed by atoms with E-state index in [4.69, 9.17) is 27.4 Å². The normalized spacial score (nSPS) is 14.4. The molecule has 0 aromatic heterocycles. The zero-order valence-electron chi connectivity index (χ0n) is 19.4. The summed E-state index contributed by atoms with van der Waals surface area (Å²) in [4.78, 5) is 6.45. The fourth-order valence-electron chi connectivity index (χ4n) is 4.09. The lowest BCUT2D eigenvalue weighted by Gasteiger charge is -2.25. The van der Waals surface area contributed by atoms with E-state index < -0.39 is 10.0 Å². The quantitative estimate of drug-likeness (QED) is 0.314. The van der Waals surface area contributed by atoms with Crippen molar-refractivity contribution in [1.29, 1.82) is 10.8 Å². The number of amidine groups is 2. The van der Waals surface area contributed by atoms with Gasteiger partial charge in [0.15, 0.2) is 0 Å². The van der Waals surface area contributed by atoms with Gasteiger partial charge in [-0.1, -0.05) is 54.1 Å². The number of nitrogens with zero attached hydrogens (tertiary/aromatic N) is 2. The highest BCUT2D eigenvalue weighted by Crippen LogP contribution is 2.39. The SMILES string of the molecule is CC(=N)N1C(=N)CN=C(c2ccc(Cl)cc2)c2cc(-c3ccc(CS(C)(C)C)cc3)ccc21. The van der Waals surface area contributed by atoms with Crippen molar-refractivity contribution in [1.82, 2.24) is 0 Å². The summed E-state index contributed by atoms with van der Waals surface area (Å²) < 4.78 is 0. The highest BCUT2D eigenvalue weighted by molar-refractivity contribution is 8.31. The summed E-state index contributed by atoms with van der Waals surface area (Å²) in [7, 11) is -0.602. The molecule has 0 aliphatic carbocycles. The van der Waals surface area contributed by atoms with Crippen LogP contribution in [0.3, 0.4) is 0 Å². The van der Waals surface area contributed by atoms with Crippen molar-refractivity contribution < 1.29 is 0 Å². The van der Waals surface area contributed by atoms with Crippen molar-refractivity contribution in [3.63, 3.8) is 0 Å². The number of hydrogen-bond acceptors (Lipinski definition) is 3. The lowest BCUT2D eigenvalue weighted by molar-refractivity contribution is 1.20. The summed E-state index contributed by atoms with van der Waals surface area (Å²) >= 11 is 6.12. The van der Waals surface area contributed by atoms with Gasteiger partial charge in [-0.3, -0.25) is 20.7 Å². The molecule has 0 spiro atoms. The van der Waals surface area contributed by atoms with E-state index in [9.17, 15) is 0 Å². The second kappa shape index (κ2) is 9.16. The number of nitrogens with one attached hydrogen (secondary N) is 2. The predicted octanol–water partition coefficient (Wildman–Crippen LogP) is 6.83. The van der Waals surface area contributed by atoms with Gasteiger partial charge in [-0.05, 0) is 66.6 Å². The van der Waals surface area contributed by atoms with Gasteiger partial charge in [0.25, 0.3) is 0 Å². The van der Waals surface area contributed by atoms with Crippen LogP contribution in [0.4, 0.5) is 5.69 Å². The molecular formula is C27H29ClN4S. The maximum Gasteiger partial charge on any atom is 0.128 e. The van der Waals surface area contributed by atoms with Gasteiger partial charge in [0, 0.05) is 21.9 Å². The van der Waals surface area contributed by atoms with Crippen molar-refractivity contribution in [2.24, 2.45) is 4.99 Å². The molecule has 0 atom stereocenters. The average molecular weight is 477 g/mol. The summed E-state index contributed by atoms with van der Waals surface area (Å²) in [6.07, 6.45) is 7.00. The molecule has 2 N–H and O–H groups in total. The van der Waals surface area contributed by atoms with Crippen LogP contribution >= 0.6 is 21.6 Å². The van der Waals surface area contributed by atoms with E-state index in [1.54, 1.807) is 11.8 Å². The molecule has 0 bridgehead atoms. The zero-order valence-corrected chi connectivity index (χ0v) is 21.0. The Kier molecular flexibility index (Phi) is 6.46. The van der Waals surface area contributed by atoms with Crippen LogP contribution in [0.25, 0.3) is 11.1 Å². The average Bonchev–Trinajstić information content (AvgIpc) is 2.89. The summed E-state index contributed by atoms with van der Waals surface area (Å²) in [5.74, 6) is 1.70. The van der Waals surface area contributed by atoms with Crippen LogP contribution < -0.4 is 4.90 Å². The minimum Gasteiger partial charge on any atom is -0.288 e. The smallest absolute Gasteiger partial charge is 0.128 e. The molecule has 6 heteroatoms. The molecule has 1 aliphatic heterocycles. The molecule has 0 radical (unpaired) electrons. The lowest BCUT2D eigenvalue weighted by Crippen LogP contribution is -2.35. The second-order valence-corrected chi connectivity index (χ2v) is 14.1. The topological polar surface area (TPSA) is 63.3 Å². The predicted molar refractivity (Wildman–Crippen MR) is 147 cm³/mol. The van der Waals surface area contributed by atoms with E-state index in [1.165, 1.54) is 5.56 Å². The van der Waals surface area contributed by atoms with Gasteiger partial charge in [-0.15, -0.1) is 0 Å². The van der Waals surface area contributed by atoms with E-state index in [0.717, 1.165) is 39.4 Å². The van der Waals surface area contributed by atoms with Crippen LogP contribution in [0.1, 0.15) is 23.6 Å². The van der Waals surface area contributed by atoms with Gasteiger partial charge < -0.3 is 0 Å². The molecule has 4 rings (SSSR count). The van der Waals surface area contributed by atoms with Crippen LogP contribution in [0.15, 0.2) is 71.7 Å². The molecule has 170 valence electrons. The number of rotatable bonds is 4. The summed E-state index contributed by atoms with van der Waals surface area (Å²) in [5.41, 5.74) is 7.05. The first-order chi connectivity index (χ1) is 15.6. The molecule has 0 saturated heterocycles. The highest BCUT2D eigenvalue weighted by atomic mass is 35.5. The largest absolute Gasteiger partial charge is 0.288 e. The molecular weight excluding hydrogens is 448 g/mol. The van der Waals surface area contributed by atoms with Crippen molar-refractivity contribution >= 4 is 44.7 Å².